The summed E-state index contributed by atoms with van der Waals surface area (Å²) < 4.78 is 25.3. The molecule has 4 heteroatoms. The minimum Gasteiger partial charge on any atom is -0.312 e. The molecule has 2 nitrogen and oxygen atoms in total. The normalized spacial score (nSPS) is 10.3. The predicted molar refractivity (Wildman–Crippen MR) is 53.4 cm³/mol. The van der Waals surface area contributed by atoms with Gasteiger partial charge in [0.15, 0.2) is 11.6 Å². The Labute approximate surface area is 87.3 Å². The van der Waals surface area contributed by atoms with Crippen molar-refractivity contribution >= 4 is 5.78 Å². The molecule has 0 heterocycles. The Morgan fingerprint density at radius 1 is 1.33 bits per heavy atom. The summed E-state index contributed by atoms with van der Waals surface area (Å²) in [4.78, 5) is 10.6. The van der Waals surface area contributed by atoms with E-state index in [-0.39, 0.29) is 5.78 Å². The summed E-state index contributed by atoms with van der Waals surface area (Å²) in [6, 6.07) is 3.76. The number of halogens is 2. The smallest absolute Gasteiger partial charge is 0.159 e. The summed E-state index contributed by atoms with van der Waals surface area (Å²) in [5, 5.41) is 2.97. The molecule has 1 aromatic rings. The van der Waals surface area contributed by atoms with Crippen molar-refractivity contribution in [2.45, 2.75) is 19.9 Å². The average molecular weight is 213 g/mol. The highest BCUT2D eigenvalue weighted by Gasteiger charge is 2.01. The van der Waals surface area contributed by atoms with E-state index < -0.39 is 11.6 Å². The maximum Gasteiger partial charge on any atom is 0.159 e. The molecule has 0 radical (unpaired) electrons. The van der Waals surface area contributed by atoms with E-state index >= 15 is 0 Å². The van der Waals surface area contributed by atoms with Gasteiger partial charge in [0.1, 0.15) is 5.78 Å². The van der Waals surface area contributed by atoms with Crippen LogP contribution in [0.25, 0.3) is 0 Å². The molecule has 0 amide bonds. The first kappa shape index (κ1) is 11.8. The van der Waals surface area contributed by atoms with Crippen LogP contribution in [-0.2, 0) is 11.3 Å². The number of carbonyl (C=O) groups is 1. The molecule has 0 atom stereocenters. The standard InChI is InChI=1S/C11H13F2NO/c1-8(15)4-5-14-7-9-2-3-10(12)11(13)6-9/h2-3,6,14H,4-5,7H2,1H3. The van der Waals surface area contributed by atoms with E-state index in [0.29, 0.717) is 25.1 Å². The van der Waals surface area contributed by atoms with Gasteiger partial charge < -0.3 is 5.32 Å². The molecule has 0 spiro atoms. The van der Waals surface area contributed by atoms with Crippen LogP contribution in [0.5, 0.6) is 0 Å². The summed E-state index contributed by atoms with van der Waals surface area (Å²) in [7, 11) is 0. The first-order valence-corrected chi connectivity index (χ1v) is 4.73. The van der Waals surface area contributed by atoms with Crippen LogP contribution in [0.3, 0.4) is 0 Å². The van der Waals surface area contributed by atoms with E-state index in [1.165, 1.54) is 13.0 Å². The monoisotopic (exact) mass is 213 g/mol. The minimum atomic E-state index is -0.846. The molecular formula is C11H13F2NO. The van der Waals surface area contributed by atoms with Gasteiger partial charge in [-0.25, -0.2) is 8.78 Å². The Kier molecular flexibility index (Phi) is 4.37. The van der Waals surface area contributed by atoms with Gasteiger partial charge in [0.25, 0.3) is 0 Å². The van der Waals surface area contributed by atoms with Gasteiger partial charge in [0.05, 0.1) is 0 Å². The van der Waals surface area contributed by atoms with Crippen LogP contribution in [0, 0.1) is 11.6 Å². The first-order chi connectivity index (χ1) is 7.09. The van der Waals surface area contributed by atoms with Crippen molar-refractivity contribution < 1.29 is 13.6 Å². The number of hydrogen-bond acceptors (Lipinski definition) is 2. The second-order valence-electron chi connectivity index (χ2n) is 3.38. The van der Waals surface area contributed by atoms with Crippen molar-refractivity contribution in [1.82, 2.24) is 5.32 Å². The molecule has 0 aromatic heterocycles. The minimum absolute atomic E-state index is 0.104. The lowest BCUT2D eigenvalue weighted by Gasteiger charge is -2.03. The highest BCUT2D eigenvalue weighted by atomic mass is 19.2. The van der Waals surface area contributed by atoms with E-state index in [4.69, 9.17) is 0 Å². The largest absolute Gasteiger partial charge is 0.312 e. The lowest BCUT2D eigenvalue weighted by atomic mass is 10.2. The second kappa shape index (κ2) is 5.56. The number of rotatable bonds is 5. The lowest BCUT2D eigenvalue weighted by Crippen LogP contribution is -2.16. The third-order valence-corrected chi connectivity index (χ3v) is 1.97. The summed E-state index contributed by atoms with van der Waals surface area (Å²) in [6.45, 7) is 2.50. The summed E-state index contributed by atoms with van der Waals surface area (Å²) in [5.41, 5.74) is 0.664. The van der Waals surface area contributed by atoms with Gasteiger partial charge in [-0.1, -0.05) is 6.07 Å². The number of ketones is 1. The van der Waals surface area contributed by atoms with Crippen LogP contribution >= 0.6 is 0 Å². The molecule has 0 saturated heterocycles. The average Bonchev–Trinajstić information content (AvgIpc) is 2.18. The summed E-state index contributed by atoms with van der Waals surface area (Å²) >= 11 is 0. The van der Waals surface area contributed by atoms with Crippen molar-refractivity contribution in [3.63, 3.8) is 0 Å². The lowest BCUT2D eigenvalue weighted by molar-refractivity contribution is -0.116. The van der Waals surface area contributed by atoms with Gasteiger partial charge in [-0.05, 0) is 24.6 Å². The SMILES string of the molecule is CC(=O)CCNCc1ccc(F)c(F)c1. The van der Waals surface area contributed by atoms with Crippen LogP contribution in [0.15, 0.2) is 18.2 Å². The van der Waals surface area contributed by atoms with Gasteiger partial charge in [0, 0.05) is 19.5 Å². The quantitative estimate of drug-likeness (QED) is 0.758. The van der Waals surface area contributed by atoms with Crippen molar-refractivity contribution in [3.8, 4) is 0 Å². The molecule has 15 heavy (non-hydrogen) atoms. The third-order valence-electron chi connectivity index (χ3n) is 1.97. The van der Waals surface area contributed by atoms with Gasteiger partial charge in [-0.15, -0.1) is 0 Å². The molecular weight excluding hydrogens is 200 g/mol. The highest BCUT2D eigenvalue weighted by Crippen LogP contribution is 2.08. The van der Waals surface area contributed by atoms with Gasteiger partial charge in [0.2, 0.25) is 0 Å². The van der Waals surface area contributed by atoms with Crippen molar-refractivity contribution in [3.05, 3.63) is 35.4 Å². The molecule has 1 N–H and O–H groups in total. The Morgan fingerprint density at radius 3 is 2.67 bits per heavy atom. The van der Waals surface area contributed by atoms with E-state index in [1.54, 1.807) is 0 Å². The zero-order valence-electron chi connectivity index (χ0n) is 8.52. The maximum absolute atomic E-state index is 12.8. The Balaban J connectivity index is 2.38. The Bertz CT molecular complexity index is 352. The zero-order valence-corrected chi connectivity index (χ0v) is 8.52. The molecule has 82 valence electrons. The number of carbonyl (C=O) groups excluding carboxylic acids is 1. The molecule has 0 aliphatic carbocycles. The number of benzene rings is 1. The van der Waals surface area contributed by atoms with E-state index in [0.717, 1.165) is 12.1 Å². The fourth-order valence-corrected chi connectivity index (χ4v) is 1.15. The zero-order chi connectivity index (χ0) is 11.3. The molecule has 0 saturated carbocycles. The molecule has 1 aromatic carbocycles. The molecule has 0 fully saturated rings. The molecule has 0 aliphatic rings. The van der Waals surface area contributed by atoms with Crippen molar-refractivity contribution in [1.29, 1.82) is 0 Å². The Hall–Kier alpha value is -1.29. The summed E-state index contributed by atoms with van der Waals surface area (Å²) in [5.74, 6) is -1.59. The van der Waals surface area contributed by atoms with Gasteiger partial charge in [-0.2, -0.15) is 0 Å². The Morgan fingerprint density at radius 2 is 2.07 bits per heavy atom. The fourth-order valence-electron chi connectivity index (χ4n) is 1.15. The number of nitrogens with one attached hydrogen (secondary N) is 1. The summed E-state index contributed by atoms with van der Waals surface area (Å²) in [6.07, 6.45) is 0.448. The van der Waals surface area contributed by atoms with Gasteiger partial charge in [-0.3, -0.25) is 4.79 Å². The van der Waals surface area contributed by atoms with Crippen LogP contribution in [0.1, 0.15) is 18.9 Å². The van der Waals surface area contributed by atoms with E-state index in [2.05, 4.69) is 5.32 Å². The van der Waals surface area contributed by atoms with Crippen molar-refractivity contribution in [2.24, 2.45) is 0 Å². The first-order valence-electron chi connectivity index (χ1n) is 4.73. The maximum atomic E-state index is 12.8. The molecule has 0 bridgehead atoms. The predicted octanol–water partition coefficient (Wildman–Crippen LogP) is 2.03. The molecule has 0 unspecified atom stereocenters. The molecule has 0 aliphatic heterocycles. The fraction of sp³-hybridized carbons (Fsp3) is 0.364. The van der Waals surface area contributed by atoms with Crippen LogP contribution < -0.4 is 5.32 Å². The topological polar surface area (TPSA) is 29.1 Å². The van der Waals surface area contributed by atoms with Crippen molar-refractivity contribution in [2.75, 3.05) is 6.54 Å². The van der Waals surface area contributed by atoms with Crippen LogP contribution in [0.2, 0.25) is 0 Å². The van der Waals surface area contributed by atoms with Gasteiger partial charge >= 0.3 is 0 Å². The number of hydrogen-bond donors (Lipinski definition) is 1. The highest BCUT2D eigenvalue weighted by molar-refractivity contribution is 5.75. The second-order valence-corrected chi connectivity index (χ2v) is 3.38. The van der Waals surface area contributed by atoms with Crippen LogP contribution in [-0.4, -0.2) is 12.3 Å². The van der Waals surface area contributed by atoms with E-state index in [9.17, 15) is 13.6 Å². The van der Waals surface area contributed by atoms with Crippen LogP contribution in [0.4, 0.5) is 8.78 Å². The number of Topliss-reactive ketones (excluding diaryl/α,β-unsaturated/α-hetero) is 1. The molecule has 1 rings (SSSR count). The van der Waals surface area contributed by atoms with E-state index in [1.807, 2.05) is 0 Å². The third kappa shape index (κ3) is 4.16.